The van der Waals surface area contributed by atoms with E-state index in [4.69, 9.17) is 9.73 Å². The first-order valence-electron chi connectivity index (χ1n) is 9.23. The Hall–Kier alpha value is -1.93. The minimum atomic E-state index is 0.162. The van der Waals surface area contributed by atoms with Crippen LogP contribution in [0.4, 0.5) is 0 Å². The predicted octanol–water partition coefficient (Wildman–Crippen LogP) is 5.32. The van der Waals surface area contributed by atoms with E-state index in [0.717, 1.165) is 12.8 Å². The Morgan fingerprint density at radius 1 is 0.880 bits per heavy atom. The first-order valence-corrected chi connectivity index (χ1v) is 9.23. The molecule has 0 aromatic heterocycles. The molecule has 2 aromatic rings. The van der Waals surface area contributed by atoms with E-state index >= 15 is 0 Å². The molecule has 0 bridgehead atoms. The quantitative estimate of drug-likeness (QED) is 0.568. The molecule has 0 unspecified atom stereocenters. The third-order valence-electron chi connectivity index (χ3n) is 4.34. The highest BCUT2D eigenvalue weighted by Gasteiger charge is 2.09. The molecule has 0 spiro atoms. The van der Waals surface area contributed by atoms with Gasteiger partial charge in [0.15, 0.2) is 0 Å². The Labute approximate surface area is 153 Å². The molecule has 134 valence electrons. The SMILES string of the molecule is COC[C@H](Cc1ccccc1)N=C[C@@H](C)c1ccc(CC(C)C)cc1. The number of ether oxygens (including phenoxy) is 1. The van der Waals surface area contributed by atoms with E-state index in [-0.39, 0.29) is 6.04 Å². The summed E-state index contributed by atoms with van der Waals surface area (Å²) in [6.45, 7) is 7.36. The maximum atomic E-state index is 5.35. The van der Waals surface area contributed by atoms with Crippen LogP contribution in [0.5, 0.6) is 0 Å². The Morgan fingerprint density at radius 3 is 2.12 bits per heavy atom. The van der Waals surface area contributed by atoms with Crippen LogP contribution in [0.2, 0.25) is 0 Å². The molecule has 25 heavy (non-hydrogen) atoms. The molecule has 2 heteroatoms. The van der Waals surface area contributed by atoms with E-state index in [0.29, 0.717) is 18.4 Å². The largest absolute Gasteiger partial charge is 0.382 e. The van der Waals surface area contributed by atoms with Gasteiger partial charge < -0.3 is 4.74 Å². The molecule has 2 nitrogen and oxygen atoms in total. The second-order valence-corrected chi connectivity index (χ2v) is 7.23. The van der Waals surface area contributed by atoms with Gasteiger partial charge in [-0.3, -0.25) is 4.99 Å². The van der Waals surface area contributed by atoms with Gasteiger partial charge in [-0.1, -0.05) is 75.4 Å². The van der Waals surface area contributed by atoms with Crippen LogP contribution in [-0.2, 0) is 17.6 Å². The Morgan fingerprint density at radius 2 is 1.52 bits per heavy atom. The molecule has 0 saturated carbocycles. The average Bonchev–Trinajstić information content (AvgIpc) is 2.60. The fourth-order valence-corrected chi connectivity index (χ4v) is 3.00. The van der Waals surface area contributed by atoms with Crippen molar-refractivity contribution in [2.24, 2.45) is 10.9 Å². The number of benzene rings is 2. The van der Waals surface area contributed by atoms with E-state index in [1.54, 1.807) is 7.11 Å². The van der Waals surface area contributed by atoms with Gasteiger partial charge in [-0.05, 0) is 35.4 Å². The van der Waals surface area contributed by atoms with E-state index < -0.39 is 0 Å². The van der Waals surface area contributed by atoms with Gasteiger partial charge in [-0.15, -0.1) is 0 Å². The van der Waals surface area contributed by atoms with Gasteiger partial charge in [0.1, 0.15) is 0 Å². The van der Waals surface area contributed by atoms with Crippen molar-refractivity contribution >= 4 is 6.21 Å². The number of nitrogens with zero attached hydrogens (tertiary/aromatic N) is 1. The van der Waals surface area contributed by atoms with Crippen molar-refractivity contribution in [2.75, 3.05) is 13.7 Å². The molecule has 0 aliphatic heterocycles. The highest BCUT2D eigenvalue weighted by atomic mass is 16.5. The molecule has 2 aromatic carbocycles. The summed E-state index contributed by atoms with van der Waals surface area (Å²) in [6, 6.07) is 19.6. The van der Waals surface area contributed by atoms with E-state index in [2.05, 4.69) is 75.5 Å². The smallest absolute Gasteiger partial charge is 0.0769 e. The van der Waals surface area contributed by atoms with Crippen molar-refractivity contribution < 1.29 is 4.74 Å². The molecule has 0 heterocycles. The number of aliphatic imine (C=N–C) groups is 1. The summed E-state index contributed by atoms with van der Waals surface area (Å²) in [7, 11) is 1.74. The third-order valence-corrected chi connectivity index (χ3v) is 4.34. The van der Waals surface area contributed by atoms with Crippen LogP contribution in [0.3, 0.4) is 0 Å². The number of hydrogen-bond donors (Lipinski definition) is 0. The molecule has 0 N–H and O–H groups in total. The molecule has 0 aliphatic carbocycles. The minimum absolute atomic E-state index is 0.162. The van der Waals surface area contributed by atoms with Crippen LogP contribution in [0, 0.1) is 5.92 Å². The predicted molar refractivity (Wildman–Crippen MR) is 108 cm³/mol. The van der Waals surface area contributed by atoms with Crippen molar-refractivity contribution in [3.8, 4) is 0 Å². The molecule has 0 saturated heterocycles. The standard InChI is InChI=1S/C23H31NO/c1-18(2)14-21-10-12-22(13-11-21)19(3)16-24-23(17-25-4)15-20-8-6-5-7-9-20/h5-13,16,18-19,23H,14-15,17H2,1-4H3/t19-,23+/m1/s1. The highest BCUT2D eigenvalue weighted by molar-refractivity contribution is 5.67. The molecule has 2 atom stereocenters. The zero-order valence-corrected chi connectivity index (χ0v) is 16.0. The summed E-state index contributed by atoms with van der Waals surface area (Å²) < 4.78 is 5.35. The summed E-state index contributed by atoms with van der Waals surface area (Å²) in [4.78, 5) is 4.81. The van der Waals surface area contributed by atoms with Crippen molar-refractivity contribution in [1.82, 2.24) is 0 Å². The highest BCUT2D eigenvalue weighted by Crippen LogP contribution is 2.17. The lowest BCUT2D eigenvalue weighted by Crippen LogP contribution is -2.16. The monoisotopic (exact) mass is 337 g/mol. The number of hydrogen-bond acceptors (Lipinski definition) is 2. The zero-order valence-electron chi connectivity index (χ0n) is 16.0. The van der Waals surface area contributed by atoms with Gasteiger partial charge in [0.25, 0.3) is 0 Å². The summed E-state index contributed by atoms with van der Waals surface area (Å²) in [5.41, 5.74) is 4.02. The van der Waals surface area contributed by atoms with Gasteiger partial charge >= 0.3 is 0 Å². The van der Waals surface area contributed by atoms with E-state index in [1.807, 2.05) is 6.07 Å². The molecule has 0 fully saturated rings. The first kappa shape index (κ1) is 19.4. The van der Waals surface area contributed by atoms with Gasteiger partial charge in [-0.2, -0.15) is 0 Å². The summed E-state index contributed by atoms with van der Waals surface area (Å²) in [5, 5.41) is 0. The van der Waals surface area contributed by atoms with E-state index in [9.17, 15) is 0 Å². The van der Waals surface area contributed by atoms with Gasteiger partial charge in [0.05, 0.1) is 12.6 Å². The Kier molecular flexibility index (Phi) is 7.87. The minimum Gasteiger partial charge on any atom is -0.382 e. The summed E-state index contributed by atoms with van der Waals surface area (Å²) in [6.07, 6.45) is 4.12. The normalized spacial score (nSPS) is 14.1. The van der Waals surface area contributed by atoms with E-state index in [1.165, 1.54) is 16.7 Å². The van der Waals surface area contributed by atoms with Crippen LogP contribution in [0.1, 0.15) is 43.4 Å². The number of rotatable bonds is 9. The van der Waals surface area contributed by atoms with Crippen LogP contribution in [-0.4, -0.2) is 26.0 Å². The van der Waals surface area contributed by atoms with Crippen LogP contribution < -0.4 is 0 Å². The maximum absolute atomic E-state index is 5.35. The zero-order chi connectivity index (χ0) is 18.1. The van der Waals surface area contributed by atoms with Crippen molar-refractivity contribution in [3.63, 3.8) is 0 Å². The molecule has 2 rings (SSSR count). The molecule has 0 radical (unpaired) electrons. The van der Waals surface area contributed by atoms with Crippen LogP contribution in [0.15, 0.2) is 59.6 Å². The lowest BCUT2D eigenvalue weighted by atomic mass is 9.97. The van der Waals surface area contributed by atoms with Gasteiger partial charge in [0.2, 0.25) is 0 Å². The van der Waals surface area contributed by atoms with Gasteiger partial charge in [0, 0.05) is 19.2 Å². The maximum Gasteiger partial charge on any atom is 0.0769 e. The Balaban J connectivity index is 1.99. The molecular weight excluding hydrogens is 306 g/mol. The van der Waals surface area contributed by atoms with Gasteiger partial charge in [-0.25, -0.2) is 0 Å². The fraction of sp³-hybridized carbons (Fsp3) is 0.435. The van der Waals surface area contributed by atoms with Crippen molar-refractivity contribution in [1.29, 1.82) is 0 Å². The summed E-state index contributed by atoms with van der Waals surface area (Å²) in [5.74, 6) is 1.00. The molecule has 0 aliphatic rings. The molecular formula is C23H31NO. The first-order chi connectivity index (χ1) is 12.1. The Bertz CT molecular complexity index is 631. The number of methoxy groups -OCH3 is 1. The lowest BCUT2D eigenvalue weighted by molar-refractivity contribution is 0.181. The fourth-order valence-electron chi connectivity index (χ4n) is 3.00. The molecule has 0 amide bonds. The van der Waals surface area contributed by atoms with Crippen LogP contribution >= 0.6 is 0 Å². The second kappa shape index (κ2) is 10.1. The van der Waals surface area contributed by atoms with Crippen molar-refractivity contribution in [2.45, 2.75) is 45.6 Å². The lowest BCUT2D eigenvalue weighted by Gasteiger charge is -2.14. The third kappa shape index (κ3) is 6.83. The topological polar surface area (TPSA) is 21.6 Å². The average molecular weight is 338 g/mol. The van der Waals surface area contributed by atoms with Crippen LogP contribution in [0.25, 0.3) is 0 Å². The van der Waals surface area contributed by atoms with Crippen molar-refractivity contribution in [3.05, 3.63) is 71.3 Å². The summed E-state index contributed by atoms with van der Waals surface area (Å²) >= 11 is 0. The second-order valence-electron chi connectivity index (χ2n) is 7.23.